The van der Waals surface area contributed by atoms with Crippen molar-refractivity contribution in [3.05, 3.63) is 12.7 Å². The quantitative estimate of drug-likeness (QED) is 0.231. The molecule has 0 spiro atoms. The highest BCUT2D eigenvalue weighted by atomic mass is 16.6. The number of rotatable bonds is 7. The second-order valence-electron chi connectivity index (χ2n) is 10.7. The highest BCUT2D eigenvalue weighted by molar-refractivity contribution is 5.82. The number of aromatic nitrogens is 4. The monoisotopic (exact) mass is 535 g/mol. The first kappa shape index (κ1) is 27.1. The van der Waals surface area contributed by atoms with Crippen LogP contribution in [0.2, 0.25) is 0 Å². The van der Waals surface area contributed by atoms with Crippen LogP contribution < -0.4 is 11.1 Å². The Hall–Kier alpha value is -2.46. The molecule has 14 heteroatoms. The summed E-state index contributed by atoms with van der Waals surface area (Å²) in [6.45, 7) is 4.39. The van der Waals surface area contributed by atoms with Crippen molar-refractivity contribution in [2.45, 2.75) is 94.1 Å². The lowest BCUT2D eigenvalue weighted by Gasteiger charge is -2.43. The van der Waals surface area contributed by atoms with Gasteiger partial charge in [-0.1, -0.05) is 13.3 Å². The average molecular weight is 536 g/mol. The van der Waals surface area contributed by atoms with Crippen LogP contribution in [-0.2, 0) is 14.3 Å². The summed E-state index contributed by atoms with van der Waals surface area (Å²) in [5.74, 6) is 0.287. The number of hydrogen-bond donors (Lipinski definition) is 6. The lowest BCUT2D eigenvalue weighted by atomic mass is 9.88. The van der Waals surface area contributed by atoms with Gasteiger partial charge in [0.05, 0.1) is 24.5 Å². The molecule has 3 fully saturated rings. The summed E-state index contributed by atoms with van der Waals surface area (Å²) in [6.07, 6.45) is -4.37. The van der Waals surface area contributed by atoms with Crippen LogP contribution in [0, 0.1) is 5.92 Å². The molecule has 1 amide bonds. The van der Waals surface area contributed by atoms with E-state index < -0.39 is 55.0 Å². The Morgan fingerprint density at radius 2 is 1.92 bits per heavy atom. The zero-order valence-corrected chi connectivity index (χ0v) is 21.7. The van der Waals surface area contributed by atoms with E-state index in [0.717, 1.165) is 19.4 Å². The standard InChI is InChI=1S/C24H37N7O7/c1-4-5-11-6-12(30(3)7-11)23(36)29-13(10(2)32)18-15(33)16(34)19-20(37-18)17(35)24(38-19)31-9-28-14-21(25)26-8-27-22(14)31/h8-13,15-20,24,32-35H,4-7H2,1-3H3,(H,29,36)(H2,25,26,27). The number of nitrogens with zero attached hydrogens (tertiary/aromatic N) is 5. The molecule has 210 valence electrons. The zero-order chi connectivity index (χ0) is 27.3. The number of carbonyl (C=O) groups is 1. The van der Waals surface area contributed by atoms with E-state index in [9.17, 15) is 25.2 Å². The number of aliphatic hydroxyl groups excluding tert-OH is 4. The number of amides is 1. The number of imidazole rings is 1. The van der Waals surface area contributed by atoms with E-state index in [2.05, 4.69) is 27.2 Å². The SMILES string of the molecule is CCCC1CC(C(=O)NC(C(C)O)C2OC3C(O)C(n4cnc5c(N)ncnc54)OC3C(O)C2O)N(C)C1. The third-order valence-corrected chi connectivity index (χ3v) is 8.06. The molecule has 7 N–H and O–H groups in total. The molecule has 0 bridgehead atoms. The molecule has 0 aliphatic carbocycles. The molecule has 5 heterocycles. The van der Waals surface area contributed by atoms with Crippen molar-refractivity contribution in [3.63, 3.8) is 0 Å². The smallest absolute Gasteiger partial charge is 0.237 e. The van der Waals surface area contributed by atoms with Crippen LogP contribution >= 0.6 is 0 Å². The molecule has 2 aromatic heterocycles. The van der Waals surface area contributed by atoms with Crippen molar-refractivity contribution >= 4 is 22.9 Å². The maximum Gasteiger partial charge on any atom is 0.237 e. The maximum atomic E-state index is 13.2. The van der Waals surface area contributed by atoms with Crippen molar-refractivity contribution < 1.29 is 34.7 Å². The van der Waals surface area contributed by atoms with Gasteiger partial charge in [-0.15, -0.1) is 0 Å². The van der Waals surface area contributed by atoms with E-state index in [1.54, 1.807) is 0 Å². The minimum absolute atomic E-state index is 0.162. The van der Waals surface area contributed by atoms with Gasteiger partial charge in [-0.25, -0.2) is 15.0 Å². The van der Waals surface area contributed by atoms with Crippen molar-refractivity contribution in [1.29, 1.82) is 0 Å². The summed E-state index contributed by atoms with van der Waals surface area (Å²) in [5, 5.41) is 46.6. The lowest BCUT2D eigenvalue weighted by Crippen LogP contribution is -2.66. The molecular formula is C24H37N7O7. The van der Waals surface area contributed by atoms with Gasteiger partial charge in [0.1, 0.15) is 48.5 Å². The van der Waals surface area contributed by atoms with Gasteiger partial charge in [-0.2, -0.15) is 0 Å². The van der Waals surface area contributed by atoms with Gasteiger partial charge in [0.2, 0.25) is 5.91 Å². The van der Waals surface area contributed by atoms with E-state index in [-0.39, 0.29) is 17.8 Å². The van der Waals surface area contributed by atoms with Crippen LogP contribution in [0.4, 0.5) is 5.82 Å². The number of nitrogen functional groups attached to an aromatic ring is 1. The molecule has 11 unspecified atom stereocenters. The fourth-order valence-corrected chi connectivity index (χ4v) is 6.11. The zero-order valence-electron chi connectivity index (χ0n) is 21.7. The lowest BCUT2D eigenvalue weighted by molar-refractivity contribution is -0.229. The Labute approximate surface area is 219 Å². The molecule has 5 rings (SSSR count). The van der Waals surface area contributed by atoms with Crippen molar-refractivity contribution in [2.75, 3.05) is 19.3 Å². The predicted molar refractivity (Wildman–Crippen MR) is 133 cm³/mol. The summed E-state index contributed by atoms with van der Waals surface area (Å²) in [6, 6.07) is -1.42. The van der Waals surface area contributed by atoms with Gasteiger partial charge in [0.25, 0.3) is 0 Å². The summed E-state index contributed by atoms with van der Waals surface area (Å²) in [7, 11) is 1.89. The van der Waals surface area contributed by atoms with Gasteiger partial charge in [-0.3, -0.25) is 14.3 Å². The maximum absolute atomic E-state index is 13.2. The molecule has 2 aromatic rings. The largest absolute Gasteiger partial charge is 0.391 e. The Morgan fingerprint density at radius 3 is 2.63 bits per heavy atom. The number of anilines is 1. The van der Waals surface area contributed by atoms with E-state index in [1.165, 1.54) is 24.1 Å². The third kappa shape index (κ3) is 4.63. The number of hydrogen-bond acceptors (Lipinski definition) is 12. The number of nitrogens with one attached hydrogen (secondary N) is 1. The molecule has 3 aliphatic rings. The first-order chi connectivity index (χ1) is 18.1. The fourth-order valence-electron chi connectivity index (χ4n) is 6.11. The Balaban J connectivity index is 1.34. The Kier molecular flexibility index (Phi) is 7.57. The molecule has 38 heavy (non-hydrogen) atoms. The second-order valence-corrected chi connectivity index (χ2v) is 10.7. The average Bonchev–Trinajstić information content (AvgIpc) is 3.56. The fraction of sp³-hybridized carbons (Fsp3) is 0.750. The predicted octanol–water partition coefficient (Wildman–Crippen LogP) is -1.86. The van der Waals surface area contributed by atoms with E-state index in [4.69, 9.17) is 15.2 Å². The Morgan fingerprint density at radius 1 is 1.18 bits per heavy atom. The van der Waals surface area contributed by atoms with Crippen LogP contribution in [0.25, 0.3) is 11.2 Å². The molecule has 11 atom stereocenters. The molecule has 0 saturated carbocycles. The molecule has 0 aromatic carbocycles. The number of nitrogens with two attached hydrogens (primary N) is 1. The van der Waals surface area contributed by atoms with E-state index >= 15 is 0 Å². The van der Waals surface area contributed by atoms with Crippen LogP contribution in [0.15, 0.2) is 12.7 Å². The van der Waals surface area contributed by atoms with Gasteiger partial charge in [0.15, 0.2) is 17.7 Å². The van der Waals surface area contributed by atoms with E-state index in [1.807, 2.05) is 11.9 Å². The van der Waals surface area contributed by atoms with E-state index in [0.29, 0.717) is 23.5 Å². The van der Waals surface area contributed by atoms with Gasteiger partial charge in [0, 0.05) is 6.54 Å². The minimum atomic E-state index is -1.51. The van der Waals surface area contributed by atoms with Crippen molar-refractivity contribution in [2.24, 2.45) is 5.92 Å². The number of ether oxygens (including phenoxy) is 2. The van der Waals surface area contributed by atoms with Crippen LogP contribution in [-0.4, -0.2) is 119 Å². The highest BCUT2D eigenvalue weighted by Gasteiger charge is 2.57. The summed E-state index contributed by atoms with van der Waals surface area (Å²) in [4.78, 5) is 27.5. The molecule has 14 nitrogen and oxygen atoms in total. The van der Waals surface area contributed by atoms with Crippen molar-refractivity contribution in [1.82, 2.24) is 29.7 Å². The summed E-state index contributed by atoms with van der Waals surface area (Å²) < 4.78 is 13.5. The highest BCUT2D eigenvalue weighted by Crippen LogP contribution is 2.40. The number of likely N-dealkylation sites (tertiary alicyclic amines) is 1. The van der Waals surface area contributed by atoms with Crippen LogP contribution in [0.3, 0.4) is 0 Å². The van der Waals surface area contributed by atoms with Gasteiger partial charge in [-0.05, 0) is 32.7 Å². The normalized spacial score (nSPS) is 37.3. The molecule has 3 saturated heterocycles. The number of carbonyl (C=O) groups excluding carboxylic acids is 1. The number of aliphatic hydroxyl groups is 4. The second kappa shape index (κ2) is 10.6. The van der Waals surface area contributed by atoms with Crippen LogP contribution in [0.5, 0.6) is 0 Å². The van der Waals surface area contributed by atoms with Crippen LogP contribution in [0.1, 0.15) is 39.3 Å². The topological polar surface area (TPSA) is 201 Å². The number of likely N-dealkylation sites (N-methyl/N-ethyl adjacent to an activating group) is 1. The number of fused-ring (bicyclic) bond motifs is 2. The van der Waals surface area contributed by atoms with Crippen molar-refractivity contribution in [3.8, 4) is 0 Å². The minimum Gasteiger partial charge on any atom is -0.391 e. The molecule has 3 aliphatic heterocycles. The molecular weight excluding hydrogens is 498 g/mol. The van der Waals surface area contributed by atoms with Gasteiger partial charge >= 0.3 is 0 Å². The summed E-state index contributed by atoms with van der Waals surface area (Å²) in [5.41, 5.74) is 6.52. The molecule has 0 radical (unpaired) electrons. The van der Waals surface area contributed by atoms with Gasteiger partial charge < -0.3 is 41.0 Å². The Bertz CT molecular complexity index is 1150. The third-order valence-electron chi connectivity index (χ3n) is 8.06. The first-order valence-electron chi connectivity index (χ1n) is 13.1. The first-order valence-corrected chi connectivity index (χ1v) is 13.1. The summed E-state index contributed by atoms with van der Waals surface area (Å²) >= 11 is 0.